The zero-order valence-electron chi connectivity index (χ0n) is 22.6. The lowest BCUT2D eigenvalue weighted by molar-refractivity contribution is -0.139. The summed E-state index contributed by atoms with van der Waals surface area (Å²) in [6.07, 6.45) is 5.98. The molecular formula is C27H35Cl2N3O6S. The molecule has 214 valence electrons. The molecule has 0 spiro atoms. The van der Waals surface area contributed by atoms with E-state index in [0.717, 1.165) is 42.7 Å². The summed E-state index contributed by atoms with van der Waals surface area (Å²) >= 11 is 12.5. The van der Waals surface area contributed by atoms with Gasteiger partial charge in [0.1, 0.15) is 24.1 Å². The Balaban J connectivity index is 1.95. The molecule has 0 heterocycles. The van der Waals surface area contributed by atoms with Crippen LogP contribution in [0.1, 0.15) is 44.6 Å². The van der Waals surface area contributed by atoms with E-state index in [1.165, 1.54) is 31.3 Å². The van der Waals surface area contributed by atoms with Gasteiger partial charge in [-0.05, 0) is 49.6 Å². The van der Waals surface area contributed by atoms with Crippen molar-refractivity contribution in [3.8, 4) is 11.5 Å². The Morgan fingerprint density at radius 2 is 1.74 bits per heavy atom. The first-order valence-electron chi connectivity index (χ1n) is 12.7. The second-order valence-electron chi connectivity index (χ2n) is 9.58. The van der Waals surface area contributed by atoms with Gasteiger partial charge in [-0.2, -0.15) is 0 Å². The Morgan fingerprint density at radius 3 is 2.33 bits per heavy atom. The van der Waals surface area contributed by atoms with Gasteiger partial charge < -0.3 is 19.7 Å². The predicted molar refractivity (Wildman–Crippen MR) is 153 cm³/mol. The molecule has 0 saturated heterocycles. The summed E-state index contributed by atoms with van der Waals surface area (Å²) in [4.78, 5) is 28.4. The molecule has 0 aliphatic heterocycles. The quantitative estimate of drug-likeness (QED) is 0.403. The van der Waals surface area contributed by atoms with Crippen LogP contribution in [0.25, 0.3) is 0 Å². The molecule has 9 nitrogen and oxygen atoms in total. The van der Waals surface area contributed by atoms with Gasteiger partial charge in [0, 0.05) is 28.7 Å². The summed E-state index contributed by atoms with van der Waals surface area (Å²) in [7, 11) is -1.06. The molecule has 1 aliphatic rings. The van der Waals surface area contributed by atoms with Crippen LogP contribution in [-0.2, 0) is 26.2 Å². The monoisotopic (exact) mass is 599 g/mol. The fourth-order valence-electron chi connectivity index (χ4n) is 4.57. The molecule has 0 radical (unpaired) electrons. The van der Waals surface area contributed by atoms with Crippen molar-refractivity contribution in [1.29, 1.82) is 0 Å². The van der Waals surface area contributed by atoms with Crippen LogP contribution < -0.4 is 19.1 Å². The minimum atomic E-state index is -3.93. The zero-order valence-corrected chi connectivity index (χ0v) is 24.9. The second-order valence-corrected chi connectivity index (χ2v) is 12.3. The average molecular weight is 601 g/mol. The largest absolute Gasteiger partial charge is 0.497 e. The minimum Gasteiger partial charge on any atom is -0.497 e. The lowest BCUT2D eigenvalue weighted by Gasteiger charge is -2.33. The Hall–Kier alpha value is -2.69. The van der Waals surface area contributed by atoms with Gasteiger partial charge in [-0.25, -0.2) is 8.42 Å². The van der Waals surface area contributed by atoms with Crippen LogP contribution in [0.3, 0.4) is 0 Å². The highest BCUT2D eigenvalue weighted by atomic mass is 35.5. The van der Waals surface area contributed by atoms with E-state index in [9.17, 15) is 18.0 Å². The van der Waals surface area contributed by atoms with Gasteiger partial charge in [0.15, 0.2) is 0 Å². The third kappa shape index (κ3) is 8.16. The lowest BCUT2D eigenvalue weighted by Crippen LogP contribution is -2.53. The maximum absolute atomic E-state index is 13.8. The summed E-state index contributed by atoms with van der Waals surface area (Å²) in [6.45, 7) is 1.04. The molecule has 2 aromatic carbocycles. The third-order valence-corrected chi connectivity index (χ3v) is 8.52. The number of anilines is 1. The van der Waals surface area contributed by atoms with E-state index in [-0.39, 0.29) is 29.9 Å². The number of hydrogen-bond donors (Lipinski definition) is 1. The number of methoxy groups -OCH3 is 2. The van der Waals surface area contributed by atoms with Crippen molar-refractivity contribution in [3.05, 3.63) is 52.0 Å². The van der Waals surface area contributed by atoms with Gasteiger partial charge in [0.25, 0.3) is 0 Å². The first-order chi connectivity index (χ1) is 18.4. The fraction of sp³-hybridized carbons (Fsp3) is 0.481. The highest BCUT2D eigenvalue weighted by Crippen LogP contribution is 2.34. The molecule has 1 aliphatic carbocycles. The number of hydrogen-bond acceptors (Lipinski definition) is 6. The van der Waals surface area contributed by atoms with Crippen LogP contribution >= 0.6 is 23.2 Å². The zero-order chi connectivity index (χ0) is 28.7. The number of nitrogens with zero attached hydrogens (tertiary/aromatic N) is 2. The molecule has 1 N–H and O–H groups in total. The van der Waals surface area contributed by atoms with Crippen LogP contribution in [0, 0.1) is 0 Å². The number of nitrogens with one attached hydrogen (secondary N) is 1. The topological polar surface area (TPSA) is 105 Å². The Morgan fingerprint density at radius 1 is 1.05 bits per heavy atom. The van der Waals surface area contributed by atoms with Crippen LogP contribution in [0.5, 0.6) is 11.5 Å². The van der Waals surface area contributed by atoms with Gasteiger partial charge in [0.05, 0.1) is 26.2 Å². The summed E-state index contributed by atoms with van der Waals surface area (Å²) in [5.74, 6) is -0.228. The normalized spacial score (nSPS) is 14.8. The first-order valence-corrected chi connectivity index (χ1v) is 15.3. The van der Waals surface area contributed by atoms with Gasteiger partial charge in [-0.3, -0.25) is 13.9 Å². The summed E-state index contributed by atoms with van der Waals surface area (Å²) in [5.41, 5.74) is 0.734. The number of carbonyl (C=O) groups is 2. The molecule has 39 heavy (non-hydrogen) atoms. The highest BCUT2D eigenvalue weighted by Gasteiger charge is 2.32. The first kappa shape index (κ1) is 30.8. The van der Waals surface area contributed by atoms with Crippen LogP contribution in [-0.4, -0.2) is 64.2 Å². The van der Waals surface area contributed by atoms with E-state index in [4.69, 9.17) is 32.7 Å². The standard InChI is InChI=1S/C27H35Cl2N3O6S/c1-18(27(34)30-21-8-6-5-7-9-21)31(16-19-10-11-20(28)14-23(19)29)26(33)17-32(39(4,35)36)24-13-12-22(37-2)15-25(24)38-3/h10-15,18,21H,5-9,16-17H2,1-4H3,(H,30,34)/t18-/m0/s1. The second kappa shape index (κ2) is 13.6. The van der Waals surface area contributed by atoms with Crippen LogP contribution in [0.15, 0.2) is 36.4 Å². The van der Waals surface area contributed by atoms with Crippen LogP contribution in [0.2, 0.25) is 10.0 Å². The number of rotatable bonds is 11. The number of benzene rings is 2. The maximum Gasteiger partial charge on any atom is 0.244 e. The van der Waals surface area contributed by atoms with E-state index >= 15 is 0 Å². The van der Waals surface area contributed by atoms with Gasteiger partial charge in [-0.15, -0.1) is 0 Å². The highest BCUT2D eigenvalue weighted by molar-refractivity contribution is 7.92. The number of halogens is 2. The van der Waals surface area contributed by atoms with E-state index in [0.29, 0.717) is 21.4 Å². The molecule has 2 amide bonds. The molecule has 0 aromatic heterocycles. The van der Waals surface area contributed by atoms with Crippen molar-refractivity contribution in [2.75, 3.05) is 31.3 Å². The molecule has 1 atom stereocenters. The van der Waals surface area contributed by atoms with Crippen molar-refractivity contribution in [3.63, 3.8) is 0 Å². The Bertz CT molecular complexity index is 1280. The molecule has 0 bridgehead atoms. The smallest absolute Gasteiger partial charge is 0.244 e. The molecule has 1 fully saturated rings. The van der Waals surface area contributed by atoms with Crippen molar-refractivity contribution >= 4 is 50.7 Å². The van der Waals surface area contributed by atoms with E-state index in [1.54, 1.807) is 31.2 Å². The SMILES string of the molecule is COc1ccc(N(CC(=O)N(Cc2ccc(Cl)cc2Cl)[C@@H](C)C(=O)NC2CCCCC2)S(C)(=O)=O)c(OC)c1. The van der Waals surface area contributed by atoms with Gasteiger partial charge >= 0.3 is 0 Å². The lowest BCUT2D eigenvalue weighted by atomic mass is 9.95. The summed E-state index contributed by atoms with van der Waals surface area (Å²) in [6, 6.07) is 8.63. The summed E-state index contributed by atoms with van der Waals surface area (Å²) < 4.78 is 37.3. The predicted octanol–water partition coefficient (Wildman–Crippen LogP) is 4.64. The van der Waals surface area contributed by atoms with E-state index in [1.807, 2.05) is 0 Å². The Labute approximate surface area is 240 Å². The number of amides is 2. The van der Waals surface area contributed by atoms with E-state index in [2.05, 4.69) is 5.32 Å². The van der Waals surface area contributed by atoms with E-state index < -0.39 is 28.5 Å². The molecule has 12 heteroatoms. The van der Waals surface area contributed by atoms with Crippen molar-refractivity contribution in [2.24, 2.45) is 0 Å². The van der Waals surface area contributed by atoms with Gasteiger partial charge in [0.2, 0.25) is 21.8 Å². The molecule has 0 unspecified atom stereocenters. The molecule has 3 rings (SSSR count). The Kier molecular flexibility index (Phi) is 10.7. The van der Waals surface area contributed by atoms with Crippen molar-refractivity contribution in [1.82, 2.24) is 10.2 Å². The number of ether oxygens (including phenoxy) is 2. The summed E-state index contributed by atoms with van der Waals surface area (Å²) in [5, 5.41) is 3.82. The van der Waals surface area contributed by atoms with Gasteiger partial charge in [-0.1, -0.05) is 48.5 Å². The molecule has 1 saturated carbocycles. The third-order valence-electron chi connectivity index (χ3n) is 6.81. The van der Waals surface area contributed by atoms with Crippen molar-refractivity contribution in [2.45, 2.75) is 57.7 Å². The van der Waals surface area contributed by atoms with Crippen molar-refractivity contribution < 1.29 is 27.5 Å². The maximum atomic E-state index is 13.8. The number of sulfonamides is 1. The number of carbonyl (C=O) groups excluding carboxylic acids is 2. The molecular weight excluding hydrogens is 565 g/mol. The fourth-order valence-corrected chi connectivity index (χ4v) is 5.89. The minimum absolute atomic E-state index is 0.0224. The molecule has 2 aromatic rings. The van der Waals surface area contributed by atoms with Crippen LogP contribution in [0.4, 0.5) is 5.69 Å². The average Bonchev–Trinajstić information content (AvgIpc) is 2.90.